The van der Waals surface area contributed by atoms with E-state index in [-0.39, 0.29) is 18.3 Å². The van der Waals surface area contributed by atoms with Crippen molar-refractivity contribution in [1.29, 1.82) is 0 Å². The molecule has 0 bridgehead atoms. The number of allylic oxidation sites excluding steroid dienone is 1. The number of halogens is 1. The third kappa shape index (κ3) is 6.68. The van der Waals surface area contributed by atoms with Gasteiger partial charge in [0.25, 0.3) is 0 Å². The summed E-state index contributed by atoms with van der Waals surface area (Å²) in [6.07, 6.45) is 2.34. The molecule has 0 unspecified atom stereocenters. The number of aromatic nitrogens is 3. The first kappa shape index (κ1) is 26.7. The zero-order chi connectivity index (χ0) is 26.2. The molecule has 0 spiro atoms. The first-order valence-electron chi connectivity index (χ1n) is 11.5. The number of thiophene rings is 1. The van der Waals surface area contributed by atoms with Gasteiger partial charge in [-0.2, -0.15) is 0 Å². The number of carbonyl (C=O) groups excluding carboxylic acids is 2. The summed E-state index contributed by atoms with van der Waals surface area (Å²) in [5.74, 6) is 0.130. The van der Waals surface area contributed by atoms with Crippen molar-refractivity contribution in [1.82, 2.24) is 14.8 Å². The Hall–Kier alpha value is -3.40. The van der Waals surface area contributed by atoms with E-state index in [4.69, 9.17) is 16.3 Å². The summed E-state index contributed by atoms with van der Waals surface area (Å²) in [7, 11) is 0. The quantitative estimate of drug-likeness (QED) is 0.133. The average molecular weight is 553 g/mol. The fourth-order valence-electron chi connectivity index (χ4n) is 3.63. The van der Waals surface area contributed by atoms with Crippen LogP contribution in [0.25, 0.3) is 11.1 Å². The highest BCUT2D eigenvalue weighted by molar-refractivity contribution is 7.99. The Morgan fingerprint density at radius 1 is 1.16 bits per heavy atom. The maximum Gasteiger partial charge on any atom is 0.341 e. The van der Waals surface area contributed by atoms with Crippen molar-refractivity contribution in [2.75, 3.05) is 17.7 Å². The smallest absolute Gasteiger partial charge is 0.341 e. The lowest BCUT2D eigenvalue weighted by molar-refractivity contribution is -0.113. The molecule has 0 radical (unpaired) electrons. The third-order valence-corrected chi connectivity index (χ3v) is 7.44. The Morgan fingerprint density at radius 3 is 2.62 bits per heavy atom. The molecule has 10 heteroatoms. The molecule has 0 aliphatic heterocycles. The SMILES string of the molecule is C=CCn1c(Cc2ccc(Cl)cc2)nnc1SCC(=O)Nc1scc(-c2ccccc2)c1C(=O)OCC. The van der Waals surface area contributed by atoms with E-state index in [2.05, 4.69) is 22.1 Å². The minimum absolute atomic E-state index is 0.0943. The zero-order valence-corrected chi connectivity index (χ0v) is 22.5. The molecule has 1 amide bonds. The minimum Gasteiger partial charge on any atom is -0.462 e. The van der Waals surface area contributed by atoms with Gasteiger partial charge in [0.05, 0.1) is 12.4 Å². The molecular weight excluding hydrogens is 528 g/mol. The van der Waals surface area contributed by atoms with Crippen LogP contribution in [-0.4, -0.2) is 39.0 Å². The van der Waals surface area contributed by atoms with Crippen LogP contribution in [0.3, 0.4) is 0 Å². The van der Waals surface area contributed by atoms with Gasteiger partial charge in [-0.25, -0.2) is 4.79 Å². The van der Waals surface area contributed by atoms with E-state index in [9.17, 15) is 9.59 Å². The molecule has 0 aliphatic carbocycles. The zero-order valence-electron chi connectivity index (χ0n) is 20.1. The van der Waals surface area contributed by atoms with Crippen LogP contribution in [0.1, 0.15) is 28.7 Å². The number of hydrogen-bond acceptors (Lipinski definition) is 7. The van der Waals surface area contributed by atoms with Crippen molar-refractivity contribution >= 4 is 51.6 Å². The van der Waals surface area contributed by atoms with E-state index in [0.717, 1.165) is 22.5 Å². The second-order valence-corrected chi connectivity index (χ2v) is 10.1. The Balaban J connectivity index is 1.48. The van der Waals surface area contributed by atoms with Crippen molar-refractivity contribution in [3.8, 4) is 11.1 Å². The number of nitrogens with one attached hydrogen (secondary N) is 1. The van der Waals surface area contributed by atoms with E-state index in [1.807, 2.05) is 64.5 Å². The lowest BCUT2D eigenvalue weighted by Gasteiger charge is -2.10. The molecule has 2 aromatic heterocycles. The van der Waals surface area contributed by atoms with Crippen molar-refractivity contribution < 1.29 is 14.3 Å². The van der Waals surface area contributed by atoms with E-state index in [1.54, 1.807) is 13.0 Å². The van der Waals surface area contributed by atoms with E-state index in [1.165, 1.54) is 23.1 Å². The highest BCUT2D eigenvalue weighted by Gasteiger charge is 2.23. The standard InChI is InChI=1S/C27H25ClN4O3S2/c1-3-14-32-22(15-18-10-12-20(28)13-11-18)30-31-27(32)37-17-23(33)29-25-24(26(34)35-4-2)21(16-36-25)19-8-6-5-7-9-19/h3,5-13,16H,1,4,14-15,17H2,2H3,(H,29,33). The number of esters is 1. The third-order valence-electron chi connectivity index (χ3n) is 5.32. The Morgan fingerprint density at radius 2 is 1.92 bits per heavy atom. The van der Waals surface area contributed by atoms with Gasteiger partial charge in [0.2, 0.25) is 5.91 Å². The van der Waals surface area contributed by atoms with Crippen LogP contribution >= 0.6 is 34.7 Å². The van der Waals surface area contributed by atoms with Gasteiger partial charge in [-0.15, -0.1) is 28.1 Å². The molecule has 0 atom stereocenters. The average Bonchev–Trinajstić information content (AvgIpc) is 3.49. The van der Waals surface area contributed by atoms with Crippen LogP contribution in [0.15, 0.2) is 77.8 Å². The van der Waals surface area contributed by atoms with Crippen molar-refractivity contribution in [2.24, 2.45) is 0 Å². The Labute approximate surface area is 228 Å². The number of ether oxygens (including phenoxy) is 1. The lowest BCUT2D eigenvalue weighted by Crippen LogP contribution is -2.17. The predicted octanol–water partition coefficient (Wildman–Crippen LogP) is 6.34. The van der Waals surface area contributed by atoms with Crippen LogP contribution < -0.4 is 5.32 Å². The van der Waals surface area contributed by atoms with Crippen molar-refractivity contribution in [3.05, 3.63) is 94.6 Å². The van der Waals surface area contributed by atoms with E-state index >= 15 is 0 Å². The largest absolute Gasteiger partial charge is 0.462 e. The first-order chi connectivity index (χ1) is 18.0. The number of benzene rings is 2. The van der Waals surface area contributed by atoms with Crippen LogP contribution in [0.5, 0.6) is 0 Å². The number of anilines is 1. The molecule has 4 rings (SSSR count). The second kappa shape index (κ2) is 12.7. The summed E-state index contributed by atoms with van der Waals surface area (Å²) < 4.78 is 7.21. The number of amides is 1. The van der Waals surface area contributed by atoms with Gasteiger partial charge in [-0.3, -0.25) is 4.79 Å². The maximum atomic E-state index is 12.9. The highest BCUT2D eigenvalue weighted by Crippen LogP contribution is 2.36. The van der Waals surface area contributed by atoms with Crippen LogP contribution in [-0.2, 0) is 22.5 Å². The fraction of sp³-hybridized carbons (Fsp3) is 0.185. The number of nitrogens with zero attached hydrogens (tertiary/aromatic N) is 3. The van der Waals surface area contributed by atoms with Crippen molar-refractivity contribution in [3.63, 3.8) is 0 Å². The summed E-state index contributed by atoms with van der Waals surface area (Å²) in [6.45, 7) is 6.33. The molecule has 0 saturated heterocycles. The molecule has 2 aromatic carbocycles. The molecular formula is C27H25ClN4O3S2. The van der Waals surface area contributed by atoms with Gasteiger partial charge in [0.15, 0.2) is 5.16 Å². The van der Waals surface area contributed by atoms with Gasteiger partial charge < -0.3 is 14.6 Å². The normalized spacial score (nSPS) is 10.8. The summed E-state index contributed by atoms with van der Waals surface area (Å²) in [6, 6.07) is 17.1. The first-order valence-corrected chi connectivity index (χ1v) is 13.8. The predicted molar refractivity (Wildman–Crippen MR) is 150 cm³/mol. The molecule has 190 valence electrons. The van der Waals surface area contributed by atoms with Crippen molar-refractivity contribution in [2.45, 2.75) is 25.0 Å². The Bertz CT molecular complexity index is 1380. The monoisotopic (exact) mass is 552 g/mol. The molecule has 0 saturated carbocycles. The summed E-state index contributed by atoms with van der Waals surface area (Å²) >= 11 is 8.56. The minimum atomic E-state index is -0.469. The summed E-state index contributed by atoms with van der Waals surface area (Å²) in [4.78, 5) is 25.7. The highest BCUT2D eigenvalue weighted by atomic mass is 35.5. The number of hydrogen-bond donors (Lipinski definition) is 1. The van der Waals surface area contributed by atoms with Gasteiger partial charge in [-0.05, 0) is 30.2 Å². The number of rotatable bonds is 11. The number of carbonyl (C=O) groups is 2. The molecule has 1 N–H and O–H groups in total. The molecule has 37 heavy (non-hydrogen) atoms. The summed E-state index contributed by atoms with van der Waals surface area (Å²) in [5.41, 5.74) is 3.01. The molecule has 2 heterocycles. The topological polar surface area (TPSA) is 86.1 Å². The van der Waals surface area contributed by atoms with Crippen LogP contribution in [0, 0.1) is 0 Å². The van der Waals surface area contributed by atoms with Gasteiger partial charge in [0.1, 0.15) is 16.4 Å². The number of thioether (sulfide) groups is 1. The molecule has 0 aliphatic rings. The van der Waals surface area contributed by atoms with Crippen LogP contribution in [0.4, 0.5) is 5.00 Å². The Kier molecular flexibility index (Phi) is 9.16. The van der Waals surface area contributed by atoms with Crippen LogP contribution in [0.2, 0.25) is 5.02 Å². The maximum absolute atomic E-state index is 12.9. The molecule has 4 aromatic rings. The molecule has 7 nitrogen and oxygen atoms in total. The van der Waals surface area contributed by atoms with Gasteiger partial charge in [0, 0.05) is 28.9 Å². The van der Waals surface area contributed by atoms with E-state index in [0.29, 0.717) is 33.7 Å². The summed E-state index contributed by atoms with van der Waals surface area (Å²) in [5, 5.41) is 15.1. The lowest BCUT2D eigenvalue weighted by atomic mass is 10.0. The fourth-order valence-corrected chi connectivity index (χ4v) is 5.50. The second-order valence-electron chi connectivity index (χ2n) is 7.88. The van der Waals surface area contributed by atoms with E-state index < -0.39 is 5.97 Å². The van der Waals surface area contributed by atoms with Gasteiger partial charge >= 0.3 is 5.97 Å². The van der Waals surface area contributed by atoms with Gasteiger partial charge in [-0.1, -0.05) is 71.9 Å². The molecule has 0 fully saturated rings.